The maximum Gasteiger partial charge on any atom is 0.143 e. The normalized spacial score (nSPS) is 12.7. The Kier molecular flexibility index (Phi) is 9.56. The summed E-state index contributed by atoms with van der Waals surface area (Å²) < 4.78 is 6.96. The molecule has 11 aromatic carbocycles. The molecule has 0 N–H and O–H groups in total. The Labute approximate surface area is 420 Å². The lowest BCUT2D eigenvalue weighted by molar-refractivity contribution is 0.669. The lowest BCUT2D eigenvalue weighted by Crippen LogP contribution is -2.26. The van der Waals surface area contributed by atoms with Crippen molar-refractivity contribution in [3.05, 3.63) is 288 Å². The van der Waals surface area contributed by atoms with Gasteiger partial charge in [0.05, 0.1) is 5.41 Å². The van der Waals surface area contributed by atoms with E-state index in [0.717, 1.165) is 61.6 Å². The van der Waals surface area contributed by atoms with Crippen LogP contribution in [-0.2, 0) is 5.41 Å². The first-order valence-corrected chi connectivity index (χ1v) is 24.9. The van der Waals surface area contributed by atoms with Crippen LogP contribution < -0.4 is 9.80 Å². The molecule has 1 spiro atoms. The van der Waals surface area contributed by atoms with Gasteiger partial charge >= 0.3 is 0 Å². The topological polar surface area (TPSA) is 19.6 Å². The highest BCUT2D eigenvalue weighted by Crippen LogP contribution is 2.65. The molecule has 0 unspecified atom stereocenters. The molecule has 0 fully saturated rings. The van der Waals surface area contributed by atoms with Crippen LogP contribution in [-0.4, -0.2) is 0 Å². The number of fused-ring (bicyclic) bond motifs is 14. The van der Waals surface area contributed by atoms with E-state index in [2.05, 4.69) is 278 Å². The fraction of sp³-hybridized carbons (Fsp3) is 0.0435. The van der Waals surface area contributed by atoms with Gasteiger partial charge in [-0.2, -0.15) is 0 Å². The molecule has 0 aliphatic heterocycles. The Balaban J connectivity index is 1.00. The van der Waals surface area contributed by atoms with E-state index in [0.29, 0.717) is 0 Å². The molecule has 0 saturated carbocycles. The average molecular weight is 921 g/mol. The van der Waals surface area contributed by atoms with Crippen molar-refractivity contribution in [3.63, 3.8) is 0 Å². The molecule has 2 aliphatic rings. The molecule has 1 aromatic heterocycles. The van der Waals surface area contributed by atoms with Crippen molar-refractivity contribution in [3.8, 4) is 44.5 Å². The fourth-order valence-corrected chi connectivity index (χ4v) is 11.8. The van der Waals surface area contributed by atoms with Gasteiger partial charge in [0.15, 0.2) is 0 Å². The molecule has 1 heterocycles. The van der Waals surface area contributed by atoms with Gasteiger partial charge in [-0.05, 0) is 154 Å². The second-order valence-electron chi connectivity index (χ2n) is 19.4. The van der Waals surface area contributed by atoms with E-state index < -0.39 is 5.41 Å². The predicted octanol–water partition coefficient (Wildman–Crippen LogP) is 18.8. The van der Waals surface area contributed by atoms with Crippen LogP contribution in [0, 0.1) is 13.8 Å². The maximum atomic E-state index is 6.96. The molecule has 0 radical (unpaired) electrons. The summed E-state index contributed by atoms with van der Waals surface area (Å²) in [7, 11) is 0. The zero-order valence-corrected chi connectivity index (χ0v) is 40.1. The molecule has 0 amide bonds. The smallest absolute Gasteiger partial charge is 0.143 e. The van der Waals surface area contributed by atoms with Crippen LogP contribution in [0.2, 0.25) is 0 Å². The molecule has 14 rings (SSSR count). The first kappa shape index (κ1) is 41.8. The van der Waals surface area contributed by atoms with Crippen molar-refractivity contribution in [2.45, 2.75) is 19.3 Å². The van der Waals surface area contributed by atoms with Crippen LogP contribution in [0.3, 0.4) is 0 Å². The number of anilines is 6. The predicted molar refractivity (Wildman–Crippen MR) is 300 cm³/mol. The molecule has 72 heavy (non-hydrogen) atoms. The van der Waals surface area contributed by atoms with E-state index in [9.17, 15) is 0 Å². The third-order valence-corrected chi connectivity index (χ3v) is 15.2. The highest BCUT2D eigenvalue weighted by Gasteiger charge is 2.53. The quantitative estimate of drug-likeness (QED) is 0.151. The number of nitrogens with zero attached hydrogens (tertiary/aromatic N) is 2. The number of para-hydroxylation sites is 3. The second-order valence-corrected chi connectivity index (χ2v) is 19.4. The minimum atomic E-state index is -0.689. The van der Waals surface area contributed by atoms with Gasteiger partial charge in [-0.1, -0.05) is 187 Å². The number of hydrogen-bond donors (Lipinski definition) is 0. The highest BCUT2D eigenvalue weighted by molar-refractivity contribution is 6.13. The number of hydrogen-bond acceptors (Lipinski definition) is 3. The molecule has 3 heteroatoms. The molecule has 0 bridgehead atoms. The van der Waals surface area contributed by atoms with Gasteiger partial charge in [0, 0.05) is 50.5 Å². The number of rotatable bonds is 8. The van der Waals surface area contributed by atoms with Crippen molar-refractivity contribution < 1.29 is 4.42 Å². The van der Waals surface area contributed by atoms with Gasteiger partial charge in [0.1, 0.15) is 11.2 Å². The molecule has 0 atom stereocenters. The Bertz CT molecular complexity index is 3840. The molecule has 3 nitrogen and oxygen atoms in total. The monoisotopic (exact) mass is 920 g/mol. The molecular weight excluding hydrogens is 873 g/mol. The Morgan fingerprint density at radius 3 is 1.26 bits per heavy atom. The van der Waals surface area contributed by atoms with E-state index in [1.54, 1.807) is 0 Å². The van der Waals surface area contributed by atoms with Crippen molar-refractivity contribution in [2.24, 2.45) is 0 Å². The minimum absolute atomic E-state index is 0.689. The Morgan fingerprint density at radius 1 is 0.306 bits per heavy atom. The standard InChI is InChI=1S/C69H48N2O/c1-45-21-25-47(26-22-45)49-29-33-53(34-30-49)70(51-13-5-3-6-14-51)55-37-39-57-58-40-38-56(71(52-15-7-4-8-16-52)54-35-31-50(32-36-54)48-27-23-46(2)24-28-48)44-65(58)69(64(57)43-55)62-19-11-9-18-61(62)67-63(69)42-41-60-59-17-10-12-20-66(59)72-68(60)67/h3-44H,1-2H3. The summed E-state index contributed by atoms with van der Waals surface area (Å²) in [5.41, 5.74) is 24.8. The maximum absolute atomic E-state index is 6.96. The van der Waals surface area contributed by atoms with Crippen molar-refractivity contribution in [1.82, 2.24) is 0 Å². The summed E-state index contributed by atoms with van der Waals surface area (Å²) in [5.74, 6) is 0. The molecular formula is C69H48N2O. The SMILES string of the molecule is Cc1ccc(-c2ccc(N(c3ccccc3)c3ccc4c(c3)C3(c5cc(N(c6ccccc6)c6ccc(-c7ccc(C)cc7)cc6)ccc5-4)c4ccccc4-c4c3ccc3c4oc4ccccc43)cc2)cc1. The van der Waals surface area contributed by atoms with Crippen LogP contribution in [0.15, 0.2) is 259 Å². The Morgan fingerprint density at radius 2 is 0.736 bits per heavy atom. The first-order chi connectivity index (χ1) is 35.5. The fourth-order valence-electron chi connectivity index (χ4n) is 11.8. The summed E-state index contributed by atoms with van der Waals surface area (Å²) in [4.78, 5) is 4.81. The van der Waals surface area contributed by atoms with Crippen molar-refractivity contribution in [2.75, 3.05) is 9.80 Å². The lowest BCUT2D eigenvalue weighted by Gasteiger charge is -2.33. The second kappa shape index (κ2) is 16.5. The highest BCUT2D eigenvalue weighted by atomic mass is 16.3. The van der Waals surface area contributed by atoms with E-state index in [4.69, 9.17) is 4.42 Å². The summed E-state index contributed by atoms with van der Waals surface area (Å²) in [6.07, 6.45) is 0. The van der Waals surface area contributed by atoms with E-state index in [1.807, 2.05) is 0 Å². The van der Waals surface area contributed by atoms with E-state index >= 15 is 0 Å². The molecule has 2 aliphatic carbocycles. The van der Waals surface area contributed by atoms with Gasteiger partial charge in [0.25, 0.3) is 0 Å². The summed E-state index contributed by atoms with van der Waals surface area (Å²) in [5, 5.41) is 2.26. The van der Waals surface area contributed by atoms with Crippen LogP contribution >= 0.6 is 0 Å². The zero-order chi connectivity index (χ0) is 47.9. The van der Waals surface area contributed by atoms with E-state index in [-0.39, 0.29) is 0 Å². The number of benzene rings is 11. The van der Waals surface area contributed by atoms with Gasteiger partial charge in [0.2, 0.25) is 0 Å². The van der Waals surface area contributed by atoms with Crippen LogP contribution in [0.5, 0.6) is 0 Å². The molecule has 12 aromatic rings. The molecule has 0 saturated heterocycles. The first-order valence-electron chi connectivity index (χ1n) is 24.9. The third kappa shape index (κ3) is 6.44. The van der Waals surface area contributed by atoms with Gasteiger partial charge < -0.3 is 14.2 Å². The molecule has 340 valence electrons. The van der Waals surface area contributed by atoms with Crippen LogP contribution in [0.4, 0.5) is 34.1 Å². The Hall–Kier alpha value is -9.18. The minimum Gasteiger partial charge on any atom is -0.455 e. The zero-order valence-electron chi connectivity index (χ0n) is 40.1. The van der Waals surface area contributed by atoms with Crippen molar-refractivity contribution >= 4 is 56.1 Å². The summed E-state index contributed by atoms with van der Waals surface area (Å²) in [6, 6.07) is 93.7. The van der Waals surface area contributed by atoms with Gasteiger partial charge in [-0.25, -0.2) is 0 Å². The van der Waals surface area contributed by atoms with Crippen LogP contribution in [0.1, 0.15) is 33.4 Å². The summed E-state index contributed by atoms with van der Waals surface area (Å²) >= 11 is 0. The number of aryl methyl sites for hydroxylation is 2. The largest absolute Gasteiger partial charge is 0.455 e. The average Bonchev–Trinajstić information content (AvgIpc) is 4.07. The van der Waals surface area contributed by atoms with Crippen molar-refractivity contribution in [1.29, 1.82) is 0 Å². The van der Waals surface area contributed by atoms with Gasteiger partial charge in [-0.3, -0.25) is 0 Å². The third-order valence-electron chi connectivity index (χ3n) is 15.2. The number of furan rings is 1. The van der Waals surface area contributed by atoms with Crippen LogP contribution in [0.25, 0.3) is 66.4 Å². The van der Waals surface area contributed by atoms with E-state index in [1.165, 1.54) is 72.3 Å². The lowest BCUT2D eigenvalue weighted by atomic mass is 9.70. The van der Waals surface area contributed by atoms with Gasteiger partial charge in [-0.15, -0.1) is 0 Å². The summed E-state index contributed by atoms with van der Waals surface area (Å²) in [6.45, 7) is 4.27.